The SMILES string of the molecule is CCC(=O)NCCN1C(=O)C(C)(C)Oc2cc(C(F)(F)F)c(C(=O)NC3CCCCC3)cc21. The second-order valence-corrected chi connectivity index (χ2v) is 8.94. The molecule has 2 N–H and O–H groups in total. The van der Waals surface area contributed by atoms with E-state index in [4.69, 9.17) is 4.74 Å². The number of carbonyl (C=O) groups excluding carboxylic acids is 3. The maximum absolute atomic E-state index is 13.9. The molecule has 1 saturated carbocycles. The molecule has 3 amide bonds. The van der Waals surface area contributed by atoms with Gasteiger partial charge in [-0.15, -0.1) is 0 Å². The number of hydrogen-bond acceptors (Lipinski definition) is 4. The van der Waals surface area contributed by atoms with E-state index in [1.54, 1.807) is 6.92 Å². The molecule has 10 heteroatoms. The highest BCUT2D eigenvalue weighted by molar-refractivity contribution is 6.05. The number of nitrogens with one attached hydrogen (secondary N) is 2. The molecule has 33 heavy (non-hydrogen) atoms. The van der Waals surface area contributed by atoms with Gasteiger partial charge in [0.15, 0.2) is 5.60 Å². The van der Waals surface area contributed by atoms with Gasteiger partial charge in [-0.2, -0.15) is 13.2 Å². The molecule has 1 aromatic carbocycles. The van der Waals surface area contributed by atoms with E-state index in [2.05, 4.69) is 10.6 Å². The van der Waals surface area contributed by atoms with Gasteiger partial charge in [-0.1, -0.05) is 26.2 Å². The van der Waals surface area contributed by atoms with Gasteiger partial charge in [0, 0.05) is 25.6 Å². The largest absolute Gasteiger partial charge is 0.476 e. The molecule has 3 rings (SSSR count). The predicted octanol–water partition coefficient (Wildman–Crippen LogP) is 3.80. The van der Waals surface area contributed by atoms with Gasteiger partial charge in [0.05, 0.1) is 16.8 Å². The van der Waals surface area contributed by atoms with Gasteiger partial charge in [-0.3, -0.25) is 14.4 Å². The Bertz CT molecular complexity index is 924. The number of alkyl halides is 3. The average Bonchev–Trinajstić information content (AvgIpc) is 2.75. The molecule has 182 valence electrons. The van der Waals surface area contributed by atoms with Crippen molar-refractivity contribution in [1.82, 2.24) is 10.6 Å². The Morgan fingerprint density at radius 3 is 2.45 bits per heavy atom. The van der Waals surface area contributed by atoms with Crippen LogP contribution in [0.3, 0.4) is 0 Å². The molecule has 2 aliphatic rings. The lowest BCUT2D eigenvalue weighted by Gasteiger charge is -2.39. The molecule has 0 atom stereocenters. The molecule has 1 aliphatic carbocycles. The number of halogens is 3. The standard InChI is InChI=1S/C23H30F3N3O4/c1-4-19(30)27-10-11-29-17-12-15(20(31)28-14-8-6-5-7-9-14)16(23(24,25)26)13-18(17)33-22(2,3)21(29)32/h12-14H,4-11H2,1-3H3,(H,27,30)(H,28,31). The monoisotopic (exact) mass is 469 g/mol. The summed E-state index contributed by atoms with van der Waals surface area (Å²) >= 11 is 0. The van der Waals surface area contributed by atoms with Crippen LogP contribution in [0.5, 0.6) is 5.75 Å². The average molecular weight is 470 g/mol. The van der Waals surface area contributed by atoms with Crippen molar-refractivity contribution in [3.8, 4) is 5.75 Å². The molecule has 0 radical (unpaired) electrons. The third-order valence-electron chi connectivity index (χ3n) is 5.98. The molecule has 1 fully saturated rings. The van der Waals surface area contributed by atoms with Crippen LogP contribution in [0.2, 0.25) is 0 Å². The van der Waals surface area contributed by atoms with Crippen molar-refractivity contribution in [2.24, 2.45) is 0 Å². The summed E-state index contributed by atoms with van der Waals surface area (Å²) < 4.78 is 47.3. The van der Waals surface area contributed by atoms with Crippen molar-refractivity contribution in [2.45, 2.75) is 77.1 Å². The summed E-state index contributed by atoms with van der Waals surface area (Å²) in [6, 6.07) is 1.68. The summed E-state index contributed by atoms with van der Waals surface area (Å²) in [7, 11) is 0. The summed E-state index contributed by atoms with van der Waals surface area (Å²) in [5.74, 6) is -1.65. The van der Waals surface area contributed by atoms with Crippen LogP contribution in [-0.2, 0) is 15.8 Å². The minimum Gasteiger partial charge on any atom is -0.476 e. The Morgan fingerprint density at radius 2 is 1.85 bits per heavy atom. The normalized spacial score (nSPS) is 18.4. The fourth-order valence-electron chi connectivity index (χ4n) is 4.20. The fraction of sp³-hybridized carbons (Fsp3) is 0.609. The minimum atomic E-state index is -4.79. The summed E-state index contributed by atoms with van der Waals surface area (Å²) in [6.45, 7) is 4.75. The van der Waals surface area contributed by atoms with Crippen molar-refractivity contribution in [1.29, 1.82) is 0 Å². The van der Waals surface area contributed by atoms with E-state index < -0.39 is 34.7 Å². The Hall–Kier alpha value is -2.78. The first-order valence-electron chi connectivity index (χ1n) is 11.3. The van der Waals surface area contributed by atoms with Crippen LogP contribution in [-0.4, -0.2) is 42.5 Å². The van der Waals surface area contributed by atoms with E-state index in [1.165, 1.54) is 18.7 Å². The Morgan fingerprint density at radius 1 is 1.18 bits per heavy atom. The first kappa shape index (κ1) is 24.9. The van der Waals surface area contributed by atoms with Gasteiger partial charge >= 0.3 is 6.18 Å². The number of ether oxygens (including phenoxy) is 1. The van der Waals surface area contributed by atoms with Gasteiger partial charge in [0.25, 0.3) is 11.8 Å². The molecule has 1 heterocycles. The van der Waals surface area contributed by atoms with Crippen LogP contribution in [0.4, 0.5) is 18.9 Å². The van der Waals surface area contributed by atoms with E-state index in [0.717, 1.165) is 44.2 Å². The van der Waals surface area contributed by atoms with Gasteiger partial charge in [-0.25, -0.2) is 0 Å². The molecule has 7 nitrogen and oxygen atoms in total. The first-order chi connectivity index (χ1) is 15.4. The summed E-state index contributed by atoms with van der Waals surface area (Å²) in [5, 5.41) is 5.37. The molecule has 0 bridgehead atoms. The number of carbonyl (C=O) groups is 3. The molecule has 1 aliphatic heterocycles. The maximum Gasteiger partial charge on any atom is 0.417 e. The maximum atomic E-state index is 13.9. The van der Waals surface area contributed by atoms with Crippen LogP contribution in [0, 0.1) is 0 Å². The molecular formula is C23H30F3N3O4. The molecule has 0 aromatic heterocycles. The van der Waals surface area contributed by atoms with Crippen molar-refractivity contribution >= 4 is 23.4 Å². The lowest BCUT2D eigenvalue weighted by Crippen LogP contribution is -2.54. The second kappa shape index (κ2) is 9.61. The molecular weight excluding hydrogens is 439 g/mol. The zero-order valence-corrected chi connectivity index (χ0v) is 19.1. The first-order valence-corrected chi connectivity index (χ1v) is 11.3. The number of rotatable bonds is 6. The predicted molar refractivity (Wildman–Crippen MR) is 116 cm³/mol. The van der Waals surface area contributed by atoms with E-state index in [9.17, 15) is 27.6 Å². The van der Waals surface area contributed by atoms with E-state index >= 15 is 0 Å². The fourth-order valence-corrected chi connectivity index (χ4v) is 4.20. The topological polar surface area (TPSA) is 87.7 Å². The number of hydrogen-bond donors (Lipinski definition) is 2. The number of nitrogens with zero attached hydrogens (tertiary/aromatic N) is 1. The van der Waals surface area contributed by atoms with E-state index in [-0.39, 0.29) is 42.9 Å². The smallest absolute Gasteiger partial charge is 0.417 e. The van der Waals surface area contributed by atoms with Gasteiger partial charge < -0.3 is 20.3 Å². The number of amides is 3. The van der Waals surface area contributed by atoms with Crippen LogP contribution in [0.15, 0.2) is 12.1 Å². The highest BCUT2D eigenvalue weighted by atomic mass is 19.4. The number of benzene rings is 1. The zero-order chi connectivity index (χ0) is 24.4. The summed E-state index contributed by atoms with van der Waals surface area (Å²) in [6.07, 6.45) is -0.222. The van der Waals surface area contributed by atoms with Gasteiger partial charge in [0.1, 0.15) is 5.75 Å². The van der Waals surface area contributed by atoms with Crippen LogP contribution < -0.4 is 20.3 Å². The number of fused-ring (bicyclic) bond motifs is 1. The molecule has 0 unspecified atom stereocenters. The molecule has 0 spiro atoms. The van der Waals surface area contributed by atoms with Crippen molar-refractivity contribution in [3.05, 3.63) is 23.3 Å². The van der Waals surface area contributed by atoms with Crippen LogP contribution in [0.25, 0.3) is 0 Å². The third-order valence-corrected chi connectivity index (χ3v) is 5.98. The lowest BCUT2D eigenvalue weighted by atomic mass is 9.94. The lowest BCUT2D eigenvalue weighted by molar-refractivity contribution is -0.138. The van der Waals surface area contributed by atoms with E-state index in [0.29, 0.717) is 0 Å². The minimum absolute atomic E-state index is 0.0272. The van der Waals surface area contributed by atoms with Crippen molar-refractivity contribution in [3.63, 3.8) is 0 Å². The second-order valence-electron chi connectivity index (χ2n) is 8.94. The quantitative estimate of drug-likeness (QED) is 0.664. The van der Waals surface area contributed by atoms with Crippen LogP contribution in [0.1, 0.15) is 75.2 Å². The third kappa shape index (κ3) is 5.59. The highest BCUT2D eigenvalue weighted by Gasteiger charge is 2.44. The van der Waals surface area contributed by atoms with Crippen molar-refractivity contribution in [2.75, 3.05) is 18.0 Å². The highest BCUT2D eigenvalue weighted by Crippen LogP contribution is 2.43. The van der Waals surface area contributed by atoms with Gasteiger partial charge in [0.2, 0.25) is 5.91 Å². The Labute approximate surface area is 191 Å². The Balaban J connectivity index is 1.99. The van der Waals surface area contributed by atoms with E-state index in [1.807, 2.05) is 0 Å². The van der Waals surface area contributed by atoms with Gasteiger partial charge in [-0.05, 0) is 38.8 Å². The zero-order valence-electron chi connectivity index (χ0n) is 19.1. The van der Waals surface area contributed by atoms with Crippen molar-refractivity contribution < 1.29 is 32.3 Å². The summed E-state index contributed by atoms with van der Waals surface area (Å²) in [5.41, 5.74) is -2.99. The Kier molecular flexibility index (Phi) is 7.23. The van der Waals surface area contributed by atoms with Crippen LogP contribution >= 0.6 is 0 Å². The summed E-state index contributed by atoms with van der Waals surface area (Å²) in [4.78, 5) is 38.8. The number of anilines is 1. The molecule has 1 aromatic rings. The molecule has 0 saturated heterocycles.